The molecule has 6 heteroatoms. The Morgan fingerprint density at radius 3 is 2.83 bits per heavy atom. The van der Waals surface area contributed by atoms with Crippen molar-refractivity contribution >= 4 is 23.3 Å². The van der Waals surface area contributed by atoms with E-state index in [0.717, 1.165) is 10.4 Å². The maximum atomic E-state index is 11.5. The number of nitrogens with one attached hydrogen (secondary N) is 2. The number of carboxylic acid groups (broad SMARTS) is 1. The molecule has 1 unspecified atom stereocenters. The first-order valence-electron chi connectivity index (χ1n) is 5.45. The summed E-state index contributed by atoms with van der Waals surface area (Å²) in [5.41, 5.74) is 1.11. The van der Waals surface area contributed by atoms with Gasteiger partial charge in [-0.25, -0.2) is 9.59 Å². The zero-order chi connectivity index (χ0) is 13.5. The lowest BCUT2D eigenvalue weighted by Gasteiger charge is -2.13. The predicted octanol–water partition coefficient (Wildman–Crippen LogP) is 1.89. The third kappa shape index (κ3) is 4.21. The molecular weight excluding hydrogens is 252 g/mol. The van der Waals surface area contributed by atoms with Crippen LogP contribution in [0.3, 0.4) is 0 Å². The van der Waals surface area contributed by atoms with Crippen molar-refractivity contribution in [2.24, 2.45) is 0 Å². The molecule has 0 radical (unpaired) electrons. The number of aryl methyl sites for hydroxylation is 1. The van der Waals surface area contributed by atoms with Gasteiger partial charge in [0.15, 0.2) is 0 Å². The molecule has 5 nitrogen and oxygen atoms in total. The number of urea groups is 1. The molecule has 3 N–H and O–H groups in total. The van der Waals surface area contributed by atoms with Gasteiger partial charge in [0.2, 0.25) is 0 Å². The predicted molar refractivity (Wildman–Crippen MR) is 70.7 cm³/mol. The average Bonchev–Trinajstić information content (AvgIpc) is 2.71. The number of carboxylic acids is 1. The summed E-state index contributed by atoms with van der Waals surface area (Å²) in [6, 6.07) is 0.543. The molecule has 0 saturated carbocycles. The van der Waals surface area contributed by atoms with Crippen LogP contribution in [0.15, 0.2) is 24.1 Å². The lowest BCUT2D eigenvalue weighted by atomic mass is 10.2. The van der Waals surface area contributed by atoms with Crippen LogP contribution in [0.4, 0.5) is 4.79 Å². The number of rotatable bonds is 6. The first-order valence-corrected chi connectivity index (χ1v) is 6.33. The quantitative estimate of drug-likeness (QED) is 0.689. The summed E-state index contributed by atoms with van der Waals surface area (Å²) in [7, 11) is 0. The number of thiophene rings is 1. The molecular formula is C12H16N2O3S. The Morgan fingerprint density at radius 1 is 1.61 bits per heavy atom. The smallest absolute Gasteiger partial charge is 0.326 e. The van der Waals surface area contributed by atoms with E-state index in [-0.39, 0.29) is 6.42 Å². The normalized spacial score (nSPS) is 11.6. The van der Waals surface area contributed by atoms with Crippen molar-refractivity contribution in [3.63, 3.8) is 0 Å². The molecule has 0 aliphatic carbocycles. The van der Waals surface area contributed by atoms with Crippen LogP contribution in [0.5, 0.6) is 0 Å². The highest BCUT2D eigenvalue weighted by Gasteiger charge is 2.17. The SMILES string of the molecule is C=CCC(NC(=O)NCc1sccc1C)C(=O)O. The van der Waals surface area contributed by atoms with Gasteiger partial charge in [-0.2, -0.15) is 0 Å². The van der Waals surface area contributed by atoms with Crippen LogP contribution in [0.1, 0.15) is 16.9 Å². The second kappa shape index (κ2) is 6.80. The van der Waals surface area contributed by atoms with E-state index in [1.54, 1.807) is 11.3 Å². The highest BCUT2D eigenvalue weighted by Crippen LogP contribution is 2.14. The van der Waals surface area contributed by atoms with E-state index in [1.807, 2.05) is 18.4 Å². The van der Waals surface area contributed by atoms with Gasteiger partial charge in [-0.15, -0.1) is 17.9 Å². The van der Waals surface area contributed by atoms with Crippen LogP contribution in [-0.4, -0.2) is 23.1 Å². The van der Waals surface area contributed by atoms with Gasteiger partial charge in [-0.3, -0.25) is 0 Å². The van der Waals surface area contributed by atoms with Gasteiger partial charge in [-0.05, 0) is 30.4 Å². The van der Waals surface area contributed by atoms with Gasteiger partial charge in [0.05, 0.1) is 6.54 Å². The zero-order valence-electron chi connectivity index (χ0n) is 10.1. The van der Waals surface area contributed by atoms with Crippen LogP contribution in [0, 0.1) is 6.92 Å². The second-order valence-corrected chi connectivity index (χ2v) is 4.77. The number of aliphatic carboxylic acids is 1. The second-order valence-electron chi connectivity index (χ2n) is 3.77. The van der Waals surface area contributed by atoms with Crippen LogP contribution >= 0.6 is 11.3 Å². The maximum absolute atomic E-state index is 11.5. The van der Waals surface area contributed by atoms with E-state index < -0.39 is 18.0 Å². The molecule has 0 fully saturated rings. The van der Waals surface area contributed by atoms with Crippen LogP contribution < -0.4 is 10.6 Å². The van der Waals surface area contributed by atoms with Crippen molar-refractivity contribution < 1.29 is 14.7 Å². The Labute approximate surface area is 110 Å². The number of hydrogen-bond donors (Lipinski definition) is 3. The highest BCUT2D eigenvalue weighted by atomic mass is 32.1. The number of carbonyl (C=O) groups is 2. The summed E-state index contributed by atoms with van der Waals surface area (Å²) >= 11 is 1.55. The number of carbonyl (C=O) groups excluding carboxylic acids is 1. The van der Waals surface area contributed by atoms with E-state index in [2.05, 4.69) is 17.2 Å². The Balaban J connectivity index is 2.43. The molecule has 0 aliphatic rings. The van der Waals surface area contributed by atoms with Crippen LogP contribution in [0.2, 0.25) is 0 Å². The Bertz CT molecular complexity index is 442. The maximum Gasteiger partial charge on any atom is 0.326 e. The third-order valence-electron chi connectivity index (χ3n) is 2.38. The van der Waals surface area contributed by atoms with Crippen molar-refractivity contribution in [2.75, 3.05) is 0 Å². The van der Waals surface area contributed by atoms with Gasteiger partial charge < -0.3 is 15.7 Å². The van der Waals surface area contributed by atoms with Crippen molar-refractivity contribution in [3.05, 3.63) is 34.5 Å². The summed E-state index contributed by atoms with van der Waals surface area (Å²) < 4.78 is 0. The summed E-state index contributed by atoms with van der Waals surface area (Å²) in [6.45, 7) is 5.82. The van der Waals surface area contributed by atoms with Gasteiger partial charge >= 0.3 is 12.0 Å². The molecule has 1 rings (SSSR count). The zero-order valence-corrected chi connectivity index (χ0v) is 10.9. The molecule has 1 atom stereocenters. The fourth-order valence-electron chi connectivity index (χ4n) is 1.34. The van der Waals surface area contributed by atoms with E-state index in [0.29, 0.717) is 6.54 Å². The van der Waals surface area contributed by atoms with Gasteiger partial charge in [0.25, 0.3) is 0 Å². The summed E-state index contributed by atoms with van der Waals surface area (Å²) in [6.07, 6.45) is 1.66. The van der Waals surface area contributed by atoms with E-state index in [9.17, 15) is 9.59 Å². The minimum atomic E-state index is -1.07. The molecule has 0 spiro atoms. The van der Waals surface area contributed by atoms with E-state index in [1.165, 1.54) is 6.08 Å². The van der Waals surface area contributed by atoms with Crippen molar-refractivity contribution in [2.45, 2.75) is 25.9 Å². The lowest BCUT2D eigenvalue weighted by molar-refractivity contribution is -0.139. The average molecular weight is 268 g/mol. The Hall–Kier alpha value is -1.82. The molecule has 2 amide bonds. The minimum absolute atomic E-state index is 0.195. The van der Waals surface area contributed by atoms with Gasteiger partial charge in [0.1, 0.15) is 6.04 Å². The number of hydrogen-bond acceptors (Lipinski definition) is 3. The fraction of sp³-hybridized carbons (Fsp3) is 0.333. The van der Waals surface area contributed by atoms with Crippen LogP contribution in [-0.2, 0) is 11.3 Å². The molecule has 18 heavy (non-hydrogen) atoms. The lowest BCUT2D eigenvalue weighted by Crippen LogP contribution is -2.45. The Morgan fingerprint density at radius 2 is 2.33 bits per heavy atom. The molecule has 98 valence electrons. The van der Waals surface area contributed by atoms with Crippen molar-refractivity contribution in [1.29, 1.82) is 0 Å². The molecule has 0 aromatic carbocycles. The fourth-order valence-corrected chi connectivity index (χ4v) is 2.19. The van der Waals surface area contributed by atoms with Crippen molar-refractivity contribution in [3.8, 4) is 0 Å². The largest absolute Gasteiger partial charge is 0.480 e. The van der Waals surface area contributed by atoms with E-state index >= 15 is 0 Å². The number of amides is 2. The standard InChI is InChI=1S/C12H16N2O3S/c1-3-4-9(11(15)16)14-12(17)13-7-10-8(2)5-6-18-10/h3,5-6,9H,1,4,7H2,2H3,(H,15,16)(H2,13,14,17). The minimum Gasteiger partial charge on any atom is -0.480 e. The molecule has 1 aromatic heterocycles. The highest BCUT2D eigenvalue weighted by molar-refractivity contribution is 7.10. The summed E-state index contributed by atoms with van der Waals surface area (Å²) in [5, 5.41) is 15.8. The monoisotopic (exact) mass is 268 g/mol. The van der Waals surface area contributed by atoms with Crippen molar-refractivity contribution in [1.82, 2.24) is 10.6 Å². The Kier molecular flexibility index (Phi) is 5.38. The van der Waals surface area contributed by atoms with E-state index in [4.69, 9.17) is 5.11 Å². The van der Waals surface area contributed by atoms with Gasteiger partial charge in [-0.1, -0.05) is 6.08 Å². The first kappa shape index (κ1) is 14.2. The summed E-state index contributed by atoms with van der Waals surface area (Å²) in [4.78, 5) is 23.4. The molecule has 1 heterocycles. The molecule has 0 saturated heterocycles. The molecule has 0 bridgehead atoms. The summed E-state index contributed by atoms with van der Waals surface area (Å²) in [5.74, 6) is -1.07. The molecule has 0 aliphatic heterocycles. The topological polar surface area (TPSA) is 78.4 Å². The van der Waals surface area contributed by atoms with Gasteiger partial charge in [0, 0.05) is 4.88 Å². The third-order valence-corrected chi connectivity index (χ3v) is 3.41. The molecule has 1 aromatic rings. The first-order chi connectivity index (χ1) is 8.54. The van der Waals surface area contributed by atoms with Crippen LogP contribution in [0.25, 0.3) is 0 Å².